The van der Waals surface area contributed by atoms with Crippen LogP contribution in [-0.2, 0) is 21.1 Å². The summed E-state index contributed by atoms with van der Waals surface area (Å²) in [6.07, 6.45) is 26.4. The molecular weight excluding hydrogens is 545 g/mol. The van der Waals surface area contributed by atoms with Crippen molar-refractivity contribution in [3.05, 3.63) is 0 Å². The average Bonchev–Trinajstić information content (AvgIpc) is 2.67. The monoisotopic (exact) mass is 599 g/mol. The van der Waals surface area contributed by atoms with Gasteiger partial charge in [0.25, 0.3) is 0 Å². The number of hydrogen-bond acceptors (Lipinski definition) is 0. The zero-order valence-corrected chi connectivity index (χ0v) is 24.0. The van der Waals surface area contributed by atoms with Gasteiger partial charge in [0.2, 0.25) is 0 Å². The third-order valence-electron chi connectivity index (χ3n) is 4.97. The summed E-state index contributed by atoms with van der Waals surface area (Å²) in [5.41, 5.74) is 0. The molecule has 0 N–H and O–H groups in total. The molecule has 0 spiro atoms. The molecule has 0 amide bonds. The van der Waals surface area contributed by atoms with Gasteiger partial charge >= 0.3 is 0 Å². The van der Waals surface area contributed by atoms with E-state index in [1.807, 2.05) is 0 Å². The molecule has 27 heavy (non-hydrogen) atoms. The van der Waals surface area contributed by atoms with Crippen molar-refractivity contribution in [1.29, 1.82) is 0 Å². The van der Waals surface area contributed by atoms with Gasteiger partial charge in [-0.2, -0.15) is 0 Å². The van der Waals surface area contributed by atoms with Crippen molar-refractivity contribution < 1.29 is 21.1 Å². The summed E-state index contributed by atoms with van der Waals surface area (Å²) in [6, 6.07) is 0. The van der Waals surface area contributed by atoms with Crippen LogP contribution in [0.3, 0.4) is 0 Å². The summed E-state index contributed by atoms with van der Waals surface area (Å²) in [5.74, 6) is 0. The zero-order valence-electron chi connectivity index (χ0n) is 19.9. The molecule has 0 bridgehead atoms. The standard InChI is InChI=1S/2C12H27P.Pt/c2*1-4-7-10-13(11-8-5-2)12-9-6-3;/h2*4-12H2,1-3H3;. The summed E-state index contributed by atoms with van der Waals surface area (Å²) >= 11 is 0. The van der Waals surface area contributed by atoms with E-state index in [-0.39, 0.29) is 21.1 Å². The minimum atomic E-state index is 0. The smallest absolute Gasteiger partial charge is 0 e. The Balaban J connectivity index is -0.000000411. The second-order valence-electron chi connectivity index (χ2n) is 7.80. The molecule has 0 rings (SSSR count). The third-order valence-corrected chi connectivity index (χ3v) is 10.7. The Morgan fingerprint density at radius 1 is 0.333 bits per heavy atom. The van der Waals surface area contributed by atoms with Crippen molar-refractivity contribution in [2.45, 2.75) is 119 Å². The molecule has 170 valence electrons. The van der Waals surface area contributed by atoms with Crippen LogP contribution in [0.2, 0.25) is 0 Å². The molecule has 0 saturated carbocycles. The van der Waals surface area contributed by atoms with Gasteiger partial charge in [0, 0.05) is 21.1 Å². The summed E-state index contributed by atoms with van der Waals surface area (Å²) < 4.78 is 0. The summed E-state index contributed by atoms with van der Waals surface area (Å²) in [7, 11) is 0.843. The van der Waals surface area contributed by atoms with Gasteiger partial charge in [0.1, 0.15) is 0 Å². The van der Waals surface area contributed by atoms with Crippen LogP contribution in [0.1, 0.15) is 119 Å². The zero-order chi connectivity index (χ0) is 19.9. The van der Waals surface area contributed by atoms with Crippen LogP contribution in [-0.4, -0.2) is 37.0 Å². The maximum atomic E-state index is 2.31. The van der Waals surface area contributed by atoms with Crippen molar-refractivity contribution in [3.63, 3.8) is 0 Å². The number of hydrogen-bond donors (Lipinski definition) is 0. The Morgan fingerprint density at radius 3 is 0.593 bits per heavy atom. The normalized spacial score (nSPS) is 10.7. The topological polar surface area (TPSA) is 0 Å². The summed E-state index contributed by atoms with van der Waals surface area (Å²) in [4.78, 5) is 0. The fraction of sp³-hybridized carbons (Fsp3) is 1.00. The van der Waals surface area contributed by atoms with Gasteiger partial charge in [0.15, 0.2) is 0 Å². The van der Waals surface area contributed by atoms with Crippen molar-refractivity contribution in [3.8, 4) is 0 Å². The first-order chi connectivity index (χ1) is 12.7. The Labute approximate surface area is 192 Å². The quantitative estimate of drug-likeness (QED) is 0.138. The van der Waals surface area contributed by atoms with Crippen LogP contribution in [0.15, 0.2) is 0 Å². The predicted molar refractivity (Wildman–Crippen MR) is 132 cm³/mol. The fourth-order valence-electron chi connectivity index (χ4n) is 2.96. The van der Waals surface area contributed by atoms with E-state index < -0.39 is 0 Å². The molecule has 3 heteroatoms. The van der Waals surface area contributed by atoms with E-state index in [0.29, 0.717) is 15.8 Å². The molecule has 0 aliphatic heterocycles. The molecule has 0 aliphatic carbocycles. The maximum Gasteiger partial charge on any atom is 0 e. The first-order valence-corrected chi connectivity index (χ1v) is 15.9. The van der Waals surface area contributed by atoms with Gasteiger partial charge in [-0.3, -0.25) is 0 Å². The molecule has 0 aromatic rings. The first-order valence-electron chi connectivity index (χ1n) is 12.1. The van der Waals surface area contributed by atoms with E-state index in [0.717, 1.165) is 0 Å². The van der Waals surface area contributed by atoms with Gasteiger partial charge in [-0.25, -0.2) is 0 Å². The molecule has 0 aliphatic rings. The van der Waals surface area contributed by atoms with E-state index >= 15 is 0 Å². The Morgan fingerprint density at radius 2 is 0.481 bits per heavy atom. The van der Waals surface area contributed by atoms with Gasteiger partial charge in [-0.1, -0.05) is 80.1 Å². The van der Waals surface area contributed by atoms with Crippen LogP contribution in [0, 0.1) is 0 Å². The molecule has 0 aromatic carbocycles. The van der Waals surface area contributed by atoms with Gasteiger partial charge < -0.3 is 0 Å². The fourth-order valence-corrected chi connectivity index (χ4v) is 8.88. The van der Waals surface area contributed by atoms with E-state index in [2.05, 4.69) is 41.5 Å². The van der Waals surface area contributed by atoms with Crippen LogP contribution in [0.25, 0.3) is 0 Å². The van der Waals surface area contributed by atoms with E-state index in [1.165, 1.54) is 77.0 Å². The molecule has 0 radical (unpaired) electrons. The Bertz CT molecular complexity index is 174. The second-order valence-corrected chi connectivity index (χ2v) is 13.2. The summed E-state index contributed by atoms with van der Waals surface area (Å²) in [6.45, 7) is 13.9. The minimum absolute atomic E-state index is 0. The molecular formula is C24H54P2Pt. The van der Waals surface area contributed by atoms with Crippen LogP contribution < -0.4 is 0 Å². The molecule has 0 saturated heterocycles. The Kier molecular flexibility index (Phi) is 36.6. The van der Waals surface area contributed by atoms with Gasteiger partial charge in [0.05, 0.1) is 0 Å². The number of unbranched alkanes of at least 4 members (excludes halogenated alkanes) is 6. The maximum absolute atomic E-state index is 2.31. The summed E-state index contributed by atoms with van der Waals surface area (Å²) in [5, 5.41) is 0. The van der Waals surface area contributed by atoms with E-state index in [1.54, 1.807) is 37.0 Å². The van der Waals surface area contributed by atoms with Gasteiger partial charge in [-0.05, 0) is 75.5 Å². The largest absolute Gasteiger partial charge is 0.107 e. The van der Waals surface area contributed by atoms with Crippen LogP contribution in [0.4, 0.5) is 0 Å². The van der Waals surface area contributed by atoms with E-state index in [9.17, 15) is 0 Å². The molecule has 0 nitrogen and oxygen atoms in total. The molecule has 0 heterocycles. The van der Waals surface area contributed by atoms with Crippen LogP contribution in [0.5, 0.6) is 0 Å². The third kappa shape index (κ3) is 27.5. The van der Waals surface area contributed by atoms with E-state index in [4.69, 9.17) is 0 Å². The molecule has 0 unspecified atom stereocenters. The molecule has 0 fully saturated rings. The predicted octanol–water partition coefficient (Wildman–Crippen LogP) is 9.73. The van der Waals surface area contributed by atoms with Crippen molar-refractivity contribution in [2.75, 3.05) is 37.0 Å². The molecule has 0 aromatic heterocycles. The second kappa shape index (κ2) is 29.7. The molecule has 0 atom stereocenters. The van der Waals surface area contributed by atoms with Crippen molar-refractivity contribution in [1.82, 2.24) is 0 Å². The Hall–Kier alpha value is 1.55. The van der Waals surface area contributed by atoms with Crippen molar-refractivity contribution >= 4 is 15.8 Å². The average molecular weight is 600 g/mol. The SMILES string of the molecule is CCCCP(CCCC)CCCC.CCCCP(CCCC)CCCC.[Pt]. The van der Waals surface area contributed by atoms with Crippen LogP contribution >= 0.6 is 15.8 Å². The number of rotatable bonds is 18. The van der Waals surface area contributed by atoms with Crippen molar-refractivity contribution in [2.24, 2.45) is 0 Å². The minimum Gasteiger partial charge on any atom is -0.107 e. The van der Waals surface area contributed by atoms with Gasteiger partial charge in [-0.15, -0.1) is 15.8 Å². The first kappa shape index (κ1) is 33.2.